The van der Waals surface area contributed by atoms with Crippen LogP contribution in [0, 0.1) is 5.92 Å². The van der Waals surface area contributed by atoms with Gasteiger partial charge in [-0.05, 0) is 37.2 Å². The first-order chi connectivity index (χ1) is 18.2. The van der Waals surface area contributed by atoms with Crippen LogP contribution < -0.4 is 16.0 Å². The number of alkyl halides is 3. The van der Waals surface area contributed by atoms with Gasteiger partial charge in [-0.3, -0.25) is 15.2 Å². The molecular formula is C23H19ClF3N7O3S. The largest absolute Gasteiger partial charge is 0.490 e. The maximum Gasteiger partial charge on any atom is 0.490 e. The van der Waals surface area contributed by atoms with Crippen molar-refractivity contribution >= 4 is 62.2 Å². The average Bonchev–Trinajstić information content (AvgIpc) is 3.56. The number of anilines is 3. The van der Waals surface area contributed by atoms with Gasteiger partial charge in [-0.1, -0.05) is 35.1 Å². The van der Waals surface area contributed by atoms with Gasteiger partial charge in [0.1, 0.15) is 5.01 Å². The van der Waals surface area contributed by atoms with Gasteiger partial charge in [-0.15, -0.1) is 10.2 Å². The van der Waals surface area contributed by atoms with E-state index in [1.54, 1.807) is 30.5 Å². The second kappa shape index (κ2) is 10.6. The van der Waals surface area contributed by atoms with Gasteiger partial charge in [-0.25, -0.2) is 4.79 Å². The summed E-state index contributed by atoms with van der Waals surface area (Å²) in [6, 6.07) is 10.6. The maximum atomic E-state index is 12.8. The van der Waals surface area contributed by atoms with Crippen LogP contribution in [0.4, 0.5) is 29.7 Å². The first-order valence-electron chi connectivity index (χ1n) is 11.3. The zero-order chi connectivity index (χ0) is 26.9. The molecule has 2 atom stereocenters. The number of piperidine rings is 1. The quantitative estimate of drug-likeness (QED) is 0.244. The molecule has 0 saturated carbocycles. The molecule has 4 N–H and O–H groups in total. The summed E-state index contributed by atoms with van der Waals surface area (Å²) >= 11 is 7.74. The maximum absolute atomic E-state index is 12.8. The van der Waals surface area contributed by atoms with Crippen molar-refractivity contribution in [2.45, 2.75) is 25.2 Å². The predicted molar refractivity (Wildman–Crippen MR) is 135 cm³/mol. The summed E-state index contributed by atoms with van der Waals surface area (Å²) in [5.74, 6) is -3.32. The van der Waals surface area contributed by atoms with Gasteiger partial charge < -0.3 is 15.4 Å². The van der Waals surface area contributed by atoms with Gasteiger partial charge in [0, 0.05) is 29.0 Å². The van der Waals surface area contributed by atoms with E-state index in [0.29, 0.717) is 38.5 Å². The molecule has 5 rings (SSSR count). The van der Waals surface area contributed by atoms with E-state index in [-0.39, 0.29) is 18.9 Å². The smallest absolute Gasteiger partial charge is 0.440 e. The Morgan fingerprint density at radius 1 is 1.18 bits per heavy atom. The SMILES string of the molecule is O=C(Nc1cccc(-c2nnc(Nc3ccc4[nH]ncc4c3Cl)s2)c1)C1CCNC(OC(=O)C(F)(F)F)C1. The molecule has 1 aliphatic rings. The third-order valence-corrected chi connectivity index (χ3v) is 7.11. The van der Waals surface area contributed by atoms with E-state index in [0.717, 1.165) is 10.9 Å². The summed E-state index contributed by atoms with van der Waals surface area (Å²) < 4.78 is 41.9. The average molecular weight is 566 g/mol. The number of halogens is 4. The van der Waals surface area contributed by atoms with Crippen molar-refractivity contribution in [2.24, 2.45) is 5.92 Å². The van der Waals surface area contributed by atoms with Crippen molar-refractivity contribution in [3.05, 3.63) is 47.6 Å². The highest BCUT2D eigenvalue weighted by atomic mass is 35.5. The molecule has 1 fully saturated rings. The van der Waals surface area contributed by atoms with Crippen molar-refractivity contribution in [2.75, 3.05) is 17.2 Å². The van der Waals surface area contributed by atoms with Crippen molar-refractivity contribution in [3.8, 4) is 10.6 Å². The molecule has 10 nitrogen and oxygen atoms in total. The Morgan fingerprint density at radius 3 is 2.84 bits per heavy atom. The number of carbonyl (C=O) groups is 2. The standard InChI is InChI=1S/C23H19ClF3N7O3S/c24-18-14-10-29-32-15(14)4-5-16(18)31-22-34-33-20(38-22)12-2-1-3-13(8-12)30-19(35)11-6-7-28-17(9-11)37-21(36)23(25,26)27/h1-5,8,10-11,17,28H,6-7,9H2,(H,29,32)(H,30,35)(H,31,34). The number of ether oxygens (including phenoxy) is 1. The molecule has 1 aliphatic heterocycles. The number of hydrogen-bond acceptors (Lipinski definition) is 9. The summed E-state index contributed by atoms with van der Waals surface area (Å²) in [5.41, 5.74) is 2.63. The Morgan fingerprint density at radius 2 is 2.03 bits per heavy atom. The van der Waals surface area contributed by atoms with Crippen molar-refractivity contribution in [1.82, 2.24) is 25.7 Å². The van der Waals surface area contributed by atoms with E-state index < -0.39 is 24.3 Å². The topological polar surface area (TPSA) is 134 Å². The van der Waals surface area contributed by atoms with Crippen molar-refractivity contribution < 1.29 is 27.5 Å². The van der Waals surface area contributed by atoms with Crippen molar-refractivity contribution in [3.63, 3.8) is 0 Å². The highest BCUT2D eigenvalue weighted by Gasteiger charge is 2.43. The second-order valence-corrected chi connectivity index (χ2v) is 9.79. The molecule has 1 saturated heterocycles. The zero-order valence-corrected chi connectivity index (χ0v) is 20.9. The van der Waals surface area contributed by atoms with Crippen LogP contribution in [0.3, 0.4) is 0 Å². The Hall–Kier alpha value is -3.75. The van der Waals surface area contributed by atoms with Crippen LogP contribution >= 0.6 is 22.9 Å². The molecule has 198 valence electrons. The van der Waals surface area contributed by atoms with Crippen LogP contribution in [0.1, 0.15) is 12.8 Å². The van der Waals surface area contributed by atoms with Crippen LogP contribution in [0.2, 0.25) is 5.02 Å². The molecular weight excluding hydrogens is 547 g/mol. The monoisotopic (exact) mass is 565 g/mol. The van der Waals surface area contributed by atoms with Gasteiger partial charge in [-0.2, -0.15) is 18.3 Å². The lowest BCUT2D eigenvalue weighted by Gasteiger charge is -2.29. The zero-order valence-electron chi connectivity index (χ0n) is 19.3. The van der Waals surface area contributed by atoms with Crippen LogP contribution in [-0.4, -0.2) is 51.2 Å². The number of aromatic amines is 1. The lowest BCUT2D eigenvalue weighted by molar-refractivity contribution is -0.207. The van der Waals surface area contributed by atoms with E-state index in [1.165, 1.54) is 11.3 Å². The molecule has 15 heteroatoms. The molecule has 0 bridgehead atoms. The number of aromatic nitrogens is 4. The van der Waals surface area contributed by atoms with Gasteiger partial charge in [0.25, 0.3) is 0 Å². The number of esters is 1. The third-order valence-electron chi connectivity index (χ3n) is 5.82. The normalized spacial score (nSPS) is 17.8. The van der Waals surface area contributed by atoms with Gasteiger partial charge in [0.05, 0.1) is 22.4 Å². The number of amides is 1. The van der Waals surface area contributed by atoms with E-state index in [1.807, 2.05) is 12.1 Å². The Labute approximate surface area is 221 Å². The molecule has 4 aromatic rings. The fraction of sp³-hybridized carbons (Fsp3) is 0.261. The number of rotatable bonds is 6. The molecule has 2 aromatic carbocycles. The van der Waals surface area contributed by atoms with E-state index in [9.17, 15) is 22.8 Å². The summed E-state index contributed by atoms with van der Waals surface area (Å²) in [4.78, 5) is 23.9. The first-order valence-corrected chi connectivity index (χ1v) is 12.5. The van der Waals surface area contributed by atoms with E-state index in [2.05, 4.69) is 41.1 Å². The minimum absolute atomic E-state index is 0.0774. The van der Waals surface area contributed by atoms with E-state index in [4.69, 9.17) is 11.6 Å². The van der Waals surface area contributed by atoms with Crippen LogP contribution in [0.5, 0.6) is 0 Å². The fourth-order valence-corrected chi connectivity index (χ4v) is 4.97. The number of carbonyl (C=O) groups excluding carboxylic acids is 2. The Bertz CT molecular complexity index is 1490. The van der Waals surface area contributed by atoms with Crippen molar-refractivity contribution in [1.29, 1.82) is 0 Å². The number of nitrogens with one attached hydrogen (secondary N) is 4. The molecule has 2 aromatic heterocycles. The lowest BCUT2D eigenvalue weighted by Crippen LogP contribution is -2.46. The number of fused-ring (bicyclic) bond motifs is 1. The third kappa shape index (κ3) is 5.71. The first kappa shape index (κ1) is 25.9. The minimum atomic E-state index is -5.10. The van der Waals surface area contributed by atoms with Crippen LogP contribution in [-0.2, 0) is 14.3 Å². The number of benzene rings is 2. The number of H-pyrrole nitrogens is 1. The molecule has 2 unspecified atom stereocenters. The van der Waals surface area contributed by atoms with Gasteiger partial charge in [0.15, 0.2) is 6.23 Å². The predicted octanol–water partition coefficient (Wildman–Crippen LogP) is 4.85. The minimum Gasteiger partial charge on any atom is -0.440 e. The van der Waals surface area contributed by atoms with Gasteiger partial charge >= 0.3 is 12.1 Å². The number of hydrogen-bond donors (Lipinski definition) is 4. The Balaban J connectivity index is 1.23. The van der Waals surface area contributed by atoms with Gasteiger partial charge in [0.2, 0.25) is 11.0 Å². The van der Waals surface area contributed by atoms with E-state index >= 15 is 0 Å². The molecule has 38 heavy (non-hydrogen) atoms. The molecule has 0 radical (unpaired) electrons. The molecule has 0 aliphatic carbocycles. The molecule has 0 spiro atoms. The molecule has 3 heterocycles. The summed E-state index contributed by atoms with van der Waals surface area (Å²) in [5, 5.41) is 26.2. The summed E-state index contributed by atoms with van der Waals surface area (Å²) in [6.07, 6.45) is -4.37. The summed E-state index contributed by atoms with van der Waals surface area (Å²) in [6.45, 7) is 0.228. The Kier molecular flexibility index (Phi) is 7.19. The second-order valence-electron chi connectivity index (χ2n) is 8.43. The lowest BCUT2D eigenvalue weighted by atomic mass is 9.95. The highest BCUT2D eigenvalue weighted by molar-refractivity contribution is 7.18. The molecule has 1 amide bonds. The summed E-state index contributed by atoms with van der Waals surface area (Å²) in [7, 11) is 0. The highest BCUT2D eigenvalue weighted by Crippen LogP contribution is 2.35. The number of nitrogens with zero attached hydrogens (tertiary/aromatic N) is 3. The van der Waals surface area contributed by atoms with Crippen LogP contribution in [0.15, 0.2) is 42.6 Å². The fourth-order valence-electron chi connectivity index (χ4n) is 3.96. The van der Waals surface area contributed by atoms with Crippen LogP contribution in [0.25, 0.3) is 21.5 Å².